The SMILES string of the molecule is C=Cc1c(-c2cccc3cccc(Cl)c23)cnc2c(N3CCN(C(=O)C(=C)F)CC3)nc(OC)nc12.CC#N.CN1CCCC1. The van der Waals surface area contributed by atoms with Crippen molar-refractivity contribution in [1.29, 1.82) is 5.26 Å². The number of anilines is 1. The van der Waals surface area contributed by atoms with Crippen LogP contribution in [0.2, 0.25) is 5.02 Å². The maximum absolute atomic E-state index is 13.3. The summed E-state index contributed by atoms with van der Waals surface area (Å²) in [5.41, 5.74) is 3.69. The highest BCUT2D eigenvalue weighted by atomic mass is 35.5. The number of benzene rings is 2. The molecule has 2 aliphatic rings. The molecule has 2 aromatic heterocycles. The lowest BCUT2D eigenvalue weighted by Gasteiger charge is -2.35. The van der Waals surface area contributed by atoms with Gasteiger partial charge in [-0.05, 0) is 50.0 Å². The Balaban J connectivity index is 0.000000446. The molecule has 1 amide bonds. The number of nitriles is 1. The molecule has 2 aliphatic heterocycles. The van der Waals surface area contributed by atoms with Gasteiger partial charge in [0.05, 0.1) is 13.2 Å². The molecule has 0 bridgehead atoms. The van der Waals surface area contributed by atoms with Crippen molar-refractivity contribution >= 4 is 51.2 Å². The van der Waals surface area contributed by atoms with Crippen LogP contribution in [0.15, 0.2) is 61.6 Å². The molecule has 6 rings (SSSR count). The smallest absolute Gasteiger partial charge is 0.318 e. The van der Waals surface area contributed by atoms with Crippen LogP contribution in [0.25, 0.3) is 39.0 Å². The average molecular weight is 630 g/mol. The molecule has 0 spiro atoms. The summed E-state index contributed by atoms with van der Waals surface area (Å²) in [5, 5.41) is 9.89. The van der Waals surface area contributed by atoms with Crippen LogP contribution < -0.4 is 9.64 Å². The maximum atomic E-state index is 13.3. The standard InChI is InChI=1S/C27H23ClFN5O2.C5H11N.C2H3N/c1-4-18-20(19-9-5-7-17-8-6-10-21(28)22(17)19)15-30-24-23(18)31-27(36-3)32-25(24)33-11-13-34(14-12-33)26(35)16(2)29;1-6-4-2-3-5-6;1-2-3/h4-10,15H,1-2,11-14H2,3H3;2-5H2,1H3;1H3. The number of hydrogen-bond donors (Lipinski definition) is 0. The molecule has 2 fully saturated rings. The summed E-state index contributed by atoms with van der Waals surface area (Å²) in [6.45, 7) is 12.8. The Morgan fingerprint density at radius 3 is 2.24 bits per heavy atom. The van der Waals surface area contributed by atoms with E-state index in [1.165, 1.54) is 44.9 Å². The lowest BCUT2D eigenvalue weighted by atomic mass is 9.95. The van der Waals surface area contributed by atoms with Gasteiger partial charge in [-0.1, -0.05) is 61.2 Å². The monoisotopic (exact) mass is 629 g/mol. The molecule has 0 N–H and O–H groups in total. The van der Waals surface area contributed by atoms with Crippen LogP contribution >= 0.6 is 11.6 Å². The van der Waals surface area contributed by atoms with Gasteiger partial charge in [0.1, 0.15) is 11.0 Å². The first kappa shape index (κ1) is 33.3. The predicted molar refractivity (Wildman–Crippen MR) is 179 cm³/mol. The number of amides is 1. The maximum Gasteiger partial charge on any atom is 0.318 e. The molecular weight excluding hydrogens is 593 g/mol. The zero-order valence-electron chi connectivity index (χ0n) is 25.9. The van der Waals surface area contributed by atoms with Gasteiger partial charge in [-0.3, -0.25) is 4.79 Å². The summed E-state index contributed by atoms with van der Waals surface area (Å²) in [6.07, 6.45) is 6.35. The summed E-state index contributed by atoms with van der Waals surface area (Å²) in [4.78, 5) is 31.7. The van der Waals surface area contributed by atoms with Crippen molar-refractivity contribution in [2.24, 2.45) is 0 Å². The number of carbonyl (C=O) groups excluding carboxylic acids is 1. The number of methoxy groups -OCH3 is 1. The first-order chi connectivity index (χ1) is 21.7. The van der Waals surface area contributed by atoms with Gasteiger partial charge < -0.3 is 19.4 Å². The molecule has 9 nitrogen and oxygen atoms in total. The third kappa shape index (κ3) is 7.56. The van der Waals surface area contributed by atoms with Gasteiger partial charge in [0.25, 0.3) is 5.91 Å². The molecule has 4 heterocycles. The number of carbonyl (C=O) groups is 1. The van der Waals surface area contributed by atoms with E-state index < -0.39 is 11.7 Å². The van der Waals surface area contributed by atoms with E-state index in [0.29, 0.717) is 48.1 Å². The van der Waals surface area contributed by atoms with Crippen LogP contribution in [-0.2, 0) is 4.79 Å². The highest BCUT2D eigenvalue weighted by Crippen LogP contribution is 2.39. The van der Waals surface area contributed by atoms with Crippen molar-refractivity contribution in [3.8, 4) is 23.2 Å². The van der Waals surface area contributed by atoms with Gasteiger partial charge in [0.2, 0.25) is 0 Å². The van der Waals surface area contributed by atoms with Crippen molar-refractivity contribution in [3.63, 3.8) is 0 Å². The molecular formula is C34H37ClFN7O2. The van der Waals surface area contributed by atoms with Crippen molar-refractivity contribution in [2.45, 2.75) is 19.8 Å². The molecule has 0 radical (unpaired) electrons. The minimum atomic E-state index is -0.962. The van der Waals surface area contributed by atoms with E-state index in [9.17, 15) is 9.18 Å². The van der Waals surface area contributed by atoms with E-state index in [4.69, 9.17) is 26.6 Å². The fourth-order valence-corrected chi connectivity index (χ4v) is 5.76. The second-order valence-corrected chi connectivity index (χ2v) is 11.0. The van der Waals surface area contributed by atoms with E-state index in [1.807, 2.05) is 41.3 Å². The predicted octanol–water partition coefficient (Wildman–Crippen LogP) is 6.52. The van der Waals surface area contributed by atoms with Gasteiger partial charge >= 0.3 is 6.01 Å². The highest BCUT2D eigenvalue weighted by molar-refractivity contribution is 6.36. The summed E-state index contributed by atoms with van der Waals surface area (Å²) in [5.74, 6) is -1.07. The lowest BCUT2D eigenvalue weighted by molar-refractivity contribution is -0.128. The molecule has 0 saturated carbocycles. The number of pyridine rings is 1. The van der Waals surface area contributed by atoms with Gasteiger partial charge in [0, 0.05) is 60.8 Å². The molecule has 2 saturated heterocycles. The van der Waals surface area contributed by atoms with Crippen LogP contribution in [0.5, 0.6) is 6.01 Å². The van der Waals surface area contributed by atoms with Crippen molar-refractivity contribution in [2.75, 3.05) is 58.3 Å². The number of rotatable bonds is 5. The van der Waals surface area contributed by atoms with Crippen LogP contribution in [0.1, 0.15) is 25.3 Å². The largest absolute Gasteiger partial charge is 0.467 e. The van der Waals surface area contributed by atoms with Crippen LogP contribution in [0, 0.1) is 11.3 Å². The Bertz CT molecular complexity index is 1740. The Morgan fingerprint density at radius 2 is 1.69 bits per heavy atom. The Hall–Kier alpha value is -4.59. The number of halogens is 2. The van der Waals surface area contributed by atoms with E-state index in [0.717, 1.165) is 27.5 Å². The number of ether oxygens (including phenoxy) is 1. The second-order valence-electron chi connectivity index (χ2n) is 10.6. The molecule has 0 unspecified atom stereocenters. The summed E-state index contributed by atoms with van der Waals surface area (Å²) in [7, 11) is 3.68. The van der Waals surface area contributed by atoms with E-state index >= 15 is 0 Å². The molecule has 0 aliphatic carbocycles. The summed E-state index contributed by atoms with van der Waals surface area (Å²) < 4.78 is 18.7. The first-order valence-electron chi connectivity index (χ1n) is 14.7. The topological polar surface area (TPSA) is 98.5 Å². The van der Waals surface area contributed by atoms with Crippen molar-refractivity contribution in [3.05, 3.63) is 72.2 Å². The van der Waals surface area contributed by atoms with Gasteiger partial charge in [-0.15, -0.1) is 0 Å². The van der Waals surface area contributed by atoms with Crippen LogP contribution in [0.3, 0.4) is 0 Å². The van der Waals surface area contributed by atoms with Gasteiger partial charge in [0.15, 0.2) is 11.6 Å². The molecule has 11 heteroatoms. The number of piperazine rings is 1. The molecule has 234 valence electrons. The van der Waals surface area contributed by atoms with E-state index in [-0.39, 0.29) is 6.01 Å². The Kier molecular flexibility index (Phi) is 11.4. The second kappa shape index (κ2) is 15.4. The third-order valence-corrected chi connectivity index (χ3v) is 7.99. The van der Waals surface area contributed by atoms with Crippen LogP contribution in [-0.4, -0.2) is 84.1 Å². The number of likely N-dealkylation sites (tertiary alicyclic amines) is 1. The molecule has 0 atom stereocenters. The minimum absolute atomic E-state index is 0.186. The fourth-order valence-electron chi connectivity index (χ4n) is 5.48. The van der Waals surface area contributed by atoms with Gasteiger partial charge in [-0.25, -0.2) is 9.37 Å². The quantitative estimate of drug-likeness (QED) is 0.230. The average Bonchev–Trinajstić information content (AvgIpc) is 3.54. The summed E-state index contributed by atoms with van der Waals surface area (Å²) >= 11 is 6.60. The van der Waals surface area contributed by atoms with E-state index in [2.05, 4.69) is 35.1 Å². The van der Waals surface area contributed by atoms with E-state index in [1.54, 1.807) is 18.3 Å². The van der Waals surface area contributed by atoms with Crippen molar-refractivity contribution < 1.29 is 13.9 Å². The number of hydrogen-bond acceptors (Lipinski definition) is 8. The lowest BCUT2D eigenvalue weighted by Crippen LogP contribution is -2.49. The summed E-state index contributed by atoms with van der Waals surface area (Å²) in [6, 6.07) is 13.7. The fraction of sp³-hybridized carbons (Fsp3) is 0.324. The normalized spacial score (nSPS) is 14.6. The molecule has 45 heavy (non-hydrogen) atoms. The van der Waals surface area contributed by atoms with Crippen LogP contribution in [0.4, 0.5) is 10.2 Å². The zero-order chi connectivity index (χ0) is 32.5. The number of nitrogens with zero attached hydrogens (tertiary/aromatic N) is 7. The van der Waals surface area contributed by atoms with Crippen molar-refractivity contribution in [1.82, 2.24) is 24.8 Å². The Labute approximate surface area is 268 Å². The number of aromatic nitrogens is 3. The minimum Gasteiger partial charge on any atom is -0.467 e. The molecule has 2 aromatic carbocycles. The third-order valence-electron chi connectivity index (χ3n) is 7.67. The Morgan fingerprint density at radius 1 is 1.04 bits per heavy atom. The molecule has 4 aromatic rings. The number of fused-ring (bicyclic) bond motifs is 2. The highest BCUT2D eigenvalue weighted by Gasteiger charge is 2.27. The van der Waals surface area contributed by atoms with Gasteiger partial charge in [-0.2, -0.15) is 15.2 Å². The first-order valence-corrected chi connectivity index (χ1v) is 15.0. The zero-order valence-corrected chi connectivity index (χ0v) is 26.6.